The Morgan fingerprint density at radius 1 is 1.07 bits per heavy atom. The number of aromatic nitrogens is 2. The van der Waals surface area contributed by atoms with Crippen LogP contribution in [0.5, 0.6) is 0 Å². The molecule has 0 aliphatic heterocycles. The van der Waals surface area contributed by atoms with E-state index in [0.717, 1.165) is 11.4 Å². The lowest BCUT2D eigenvalue weighted by molar-refractivity contribution is 1.17. The molecule has 1 aromatic carbocycles. The summed E-state index contributed by atoms with van der Waals surface area (Å²) in [5.74, 6) is 0.504. The molecule has 15 heavy (non-hydrogen) atoms. The van der Waals surface area contributed by atoms with E-state index < -0.39 is 0 Å². The van der Waals surface area contributed by atoms with Crippen LogP contribution < -0.4 is 11.1 Å². The summed E-state index contributed by atoms with van der Waals surface area (Å²) in [7, 11) is 0. The number of nitrogens with one attached hydrogen (secondary N) is 1. The molecule has 0 aliphatic carbocycles. The molecule has 0 bridgehead atoms. The molecular formula is C10H9ClN4. The standard InChI is InChI=1S/C10H9ClN4/c11-7-5-13-10(14-6-7)15-9-3-1-8(12)2-4-9/h1-6H,12H2,(H,13,14,15). The normalized spacial score (nSPS) is 9.93. The second kappa shape index (κ2) is 4.14. The van der Waals surface area contributed by atoms with Gasteiger partial charge in [-0.25, -0.2) is 9.97 Å². The number of nitrogens with zero attached hydrogens (tertiary/aromatic N) is 2. The quantitative estimate of drug-likeness (QED) is 0.764. The first-order valence-electron chi connectivity index (χ1n) is 4.34. The third kappa shape index (κ3) is 2.57. The maximum atomic E-state index is 5.67. The predicted octanol–water partition coefficient (Wildman–Crippen LogP) is 2.46. The zero-order valence-corrected chi connectivity index (χ0v) is 8.57. The Kier molecular flexibility index (Phi) is 2.69. The zero-order chi connectivity index (χ0) is 10.7. The number of benzene rings is 1. The minimum Gasteiger partial charge on any atom is -0.399 e. The molecule has 0 spiro atoms. The Bertz CT molecular complexity index is 394. The van der Waals surface area contributed by atoms with Crippen molar-refractivity contribution in [1.29, 1.82) is 0 Å². The Balaban J connectivity index is 2.15. The average Bonchev–Trinajstić information content (AvgIpc) is 2.25. The molecule has 3 N–H and O–H groups in total. The molecule has 0 saturated heterocycles. The summed E-state index contributed by atoms with van der Waals surface area (Å²) in [6, 6.07) is 7.32. The van der Waals surface area contributed by atoms with Crippen molar-refractivity contribution in [2.24, 2.45) is 0 Å². The highest BCUT2D eigenvalue weighted by Gasteiger charge is 1.96. The van der Waals surface area contributed by atoms with E-state index in [1.54, 1.807) is 12.1 Å². The fourth-order valence-corrected chi connectivity index (χ4v) is 1.17. The molecular weight excluding hydrogens is 212 g/mol. The van der Waals surface area contributed by atoms with Crippen molar-refractivity contribution < 1.29 is 0 Å². The van der Waals surface area contributed by atoms with Gasteiger partial charge in [-0.1, -0.05) is 11.6 Å². The van der Waals surface area contributed by atoms with Gasteiger partial charge in [-0.05, 0) is 24.3 Å². The average molecular weight is 221 g/mol. The van der Waals surface area contributed by atoms with Gasteiger partial charge in [0.15, 0.2) is 0 Å². The van der Waals surface area contributed by atoms with Crippen LogP contribution in [0.25, 0.3) is 0 Å². The first-order chi connectivity index (χ1) is 7.24. The van der Waals surface area contributed by atoms with Gasteiger partial charge in [-0.2, -0.15) is 0 Å². The number of hydrogen-bond acceptors (Lipinski definition) is 4. The van der Waals surface area contributed by atoms with Gasteiger partial charge in [-0.15, -0.1) is 0 Å². The van der Waals surface area contributed by atoms with Crippen molar-refractivity contribution in [2.45, 2.75) is 0 Å². The monoisotopic (exact) mass is 220 g/mol. The first-order valence-corrected chi connectivity index (χ1v) is 4.72. The molecule has 0 amide bonds. The van der Waals surface area contributed by atoms with Gasteiger partial charge in [0.1, 0.15) is 0 Å². The summed E-state index contributed by atoms with van der Waals surface area (Å²) in [5, 5.41) is 3.53. The second-order valence-electron chi connectivity index (χ2n) is 2.97. The maximum Gasteiger partial charge on any atom is 0.227 e. The third-order valence-corrected chi connectivity index (χ3v) is 1.98. The van der Waals surface area contributed by atoms with Crippen LogP contribution in [-0.2, 0) is 0 Å². The molecule has 2 rings (SSSR count). The van der Waals surface area contributed by atoms with Crippen LogP contribution in [0.4, 0.5) is 17.3 Å². The highest BCUT2D eigenvalue weighted by atomic mass is 35.5. The molecule has 1 heterocycles. The number of rotatable bonds is 2. The summed E-state index contributed by atoms with van der Waals surface area (Å²) in [6.07, 6.45) is 3.07. The Morgan fingerprint density at radius 3 is 2.27 bits per heavy atom. The number of anilines is 3. The fourth-order valence-electron chi connectivity index (χ4n) is 1.07. The molecule has 76 valence electrons. The molecule has 5 heteroatoms. The van der Waals surface area contributed by atoms with Gasteiger partial charge < -0.3 is 11.1 Å². The van der Waals surface area contributed by atoms with Crippen molar-refractivity contribution in [3.05, 3.63) is 41.7 Å². The van der Waals surface area contributed by atoms with E-state index in [-0.39, 0.29) is 0 Å². The Hall–Kier alpha value is -1.81. The van der Waals surface area contributed by atoms with Gasteiger partial charge in [0.25, 0.3) is 0 Å². The van der Waals surface area contributed by atoms with Gasteiger partial charge >= 0.3 is 0 Å². The summed E-state index contributed by atoms with van der Waals surface area (Å²) < 4.78 is 0. The van der Waals surface area contributed by atoms with Crippen LogP contribution in [0.15, 0.2) is 36.7 Å². The smallest absolute Gasteiger partial charge is 0.227 e. The molecule has 0 aliphatic rings. The number of hydrogen-bond donors (Lipinski definition) is 2. The zero-order valence-electron chi connectivity index (χ0n) is 7.81. The molecule has 0 saturated carbocycles. The van der Waals surface area contributed by atoms with Crippen LogP contribution in [0.1, 0.15) is 0 Å². The molecule has 0 atom stereocenters. The third-order valence-electron chi connectivity index (χ3n) is 1.79. The Morgan fingerprint density at radius 2 is 1.67 bits per heavy atom. The topological polar surface area (TPSA) is 63.8 Å². The van der Waals surface area contributed by atoms with Gasteiger partial charge in [0, 0.05) is 11.4 Å². The van der Waals surface area contributed by atoms with E-state index in [2.05, 4.69) is 15.3 Å². The first kappa shape index (κ1) is 9.73. The van der Waals surface area contributed by atoms with Crippen LogP contribution in [0, 0.1) is 0 Å². The van der Waals surface area contributed by atoms with Gasteiger partial charge in [-0.3, -0.25) is 0 Å². The minimum absolute atomic E-state index is 0.504. The maximum absolute atomic E-state index is 5.67. The van der Waals surface area contributed by atoms with Gasteiger partial charge in [0.05, 0.1) is 17.4 Å². The lowest BCUT2D eigenvalue weighted by Crippen LogP contribution is -1.96. The fraction of sp³-hybridized carbons (Fsp3) is 0. The van der Waals surface area contributed by atoms with Crippen molar-refractivity contribution in [1.82, 2.24) is 9.97 Å². The van der Waals surface area contributed by atoms with E-state index >= 15 is 0 Å². The van der Waals surface area contributed by atoms with Gasteiger partial charge in [0.2, 0.25) is 5.95 Å². The van der Waals surface area contributed by atoms with Crippen molar-refractivity contribution in [2.75, 3.05) is 11.1 Å². The second-order valence-corrected chi connectivity index (χ2v) is 3.41. The van der Waals surface area contributed by atoms with Crippen LogP contribution >= 0.6 is 11.6 Å². The van der Waals surface area contributed by atoms with Crippen LogP contribution in [-0.4, -0.2) is 9.97 Å². The SMILES string of the molecule is Nc1ccc(Nc2ncc(Cl)cn2)cc1. The molecule has 0 unspecified atom stereocenters. The Labute approximate surface area is 92.1 Å². The highest BCUT2D eigenvalue weighted by Crippen LogP contribution is 2.15. The molecule has 0 fully saturated rings. The highest BCUT2D eigenvalue weighted by molar-refractivity contribution is 6.30. The van der Waals surface area contributed by atoms with Crippen molar-refractivity contribution >= 4 is 28.9 Å². The molecule has 1 aromatic heterocycles. The van der Waals surface area contributed by atoms with E-state index in [1.165, 1.54) is 12.4 Å². The lowest BCUT2D eigenvalue weighted by atomic mass is 10.3. The summed E-state index contributed by atoms with van der Waals surface area (Å²) in [4.78, 5) is 8.02. The summed E-state index contributed by atoms with van der Waals surface area (Å²) >= 11 is 5.67. The van der Waals surface area contributed by atoms with Crippen molar-refractivity contribution in [3.63, 3.8) is 0 Å². The summed E-state index contributed by atoms with van der Waals surface area (Å²) in [5.41, 5.74) is 7.16. The molecule has 0 radical (unpaired) electrons. The van der Waals surface area contributed by atoms with E-state index in [4.69, 9.17) is 17.3 Å². The minimum atomic E-state index is 0.504. The molecule has 4 nitrogen and oxygen atoms in total. The van der Waals surface area contributed by atoms with E-state index in [9.17, 15) is 0 Å². The molecule has 2 aromatic rings. The van der Waals surface area contributed by atoms with Crippen molar-refractivity contribution in [3.8, 4) is 0 Å². The summed E-state index contributed by atoms with van der Waals surface area (Å²) in [6.45, 7) is 0. The predicted molar refractivity (Wildman–Crippen MR) is 61.2 cm³/mol. The number of nitrogens with two attached hydrogens (primary N) is 1. The van der Waals surface area contributed by atoms with Crippen LogP contribution in [0.3, 0.4) is 0 Å². The number of halogens is 1. The van der Waals surface area contributed by atoms with E-state index in [0.29, 0.717) is 11.0 Å². The van der Waals surface area contributed by atoms with E-state index in [1.807, 2.05) is 12.1 Å². The largest absolute Gasteiger partial charge is 0.399 e. The van der Waals surface area contributed by atoms with Crippen LogP contribution in [0.2, 0.25) is 5.02 Å². The number of nitrogen functional groups attached to an aromatic ring is 1. The lowest BCUT2D eigenvalue weighted by Gasteiger charge is -2.04.